The summed E-state index contributed by atoms with van der Waals surface area (Å²) in [5.41, 5.74) is 3.41. The van der Waals surface area contributed by atoms with Crippen molar-refractivity contribution in [1.29, 1.82) is 0 Å². The zero-order chi connectivity index (χ0) is 23.0. The van der Waals surface area contributed by atoms with Crippen LogP contribution < -0.4 is 5.32 Å². The van der Waals surface area contributed by atoms with E-state index >= 15 is 0 Å². The first-order chi connectivity index (χ1) is 16.1. The molecule has 1 heterocycles. The fraction of sp³-hybridized carbons (Fsp3) is 0.120. The smallest absolute Gasteiger partial charge is 0.294 e. The number of hydrogen-bond donors (Lipinski definition) is 1. The molecule has 4 aromatic rings. The van der Waals surface area contributed by atoms with Gasteiger partial charge in [0, 0.05) is 30.6 Å². The number of nitro groups is 1. The second kappa shape index (κ2) is 10.3. The lowest BCUT2D eigenvalue weighted by Crippen LogP contribution is -2.23. The summed E-state index contributed by atoms with van der Waals surface area (Å²) >= 11 is 0. The third-order valence-electron chi connectivity index (χ3n) is 5.04. The van der Waals surface area contributed by atoms with Crippen LogP contribution in [-0.2, 0) is 24.5 Å². The third-order valence-corrected chi connectivity index (χ3v) is 5.04. The summed E-state index contributed by atoms with van der Waals surface area (Å²) in [6.07, 6.45) is 4.61. The molecule has 0 spiro atoms. The number of amides is 1. The number of rotatable bonds is 9. The number of nitrogens with one attached hydrogen (secondary N) is 1. The van der Waals surface area contributed by atoms with Crippen molar-refractivity contribution in [2.45, 2.75) is 19.8 Å². The maximum atomic E-state index is 12.6. The van der Waals surface area contributed by atoms with E-state index in [0.717, 1.165) is 16.7 Å². The van der Waals surface area contributed by atoms with Crippen molar-refractivity contribution in [1.82, 2.24) is 14.9 Å². The molecule has 1 N–H and O–H groups in total. The van der Waals surface area contributed by atoms with Crippen LogP contribution in [0.25, 0.3) is 5.69 Å². The second-order valence-electron chi connectivity index (χ2n) is 7.41. The maximum Gasteiger partial charge on any atom is 0.294 e. The first-order valence-corrected chi connectivity index (χ1v) is 10.3. The van der Waals surface area contributed by atoms with Crippen molar-refractivity contribution >= 4 is 11.6 Å². The summed E-state index contributed by atoms with van der Waals surface area (Å²) in [5.74, 6) is -0.388. The van der Waals surface area contributed by atoms with Crippen LogP contribution in [0.2, 0.25) is 0 Å². The lowest BCUT2D eigenvalue weighted by Gasteiger charge is -2.09. The predicted octanol–water partition coefficient (Wildman–Crippen LogP) is 4.43. The summed E-state index contributed by atoms with van der Waals surface area (Å²) in [6.45, 7) is 1.27. The Morgan fingerprint density at radius 2 is 1.73 bits per heavy atom. The number of nitrogens with zero attached hydrogens (tertiary/aromatic N) is 3. The van der Waals surface area contributed by atoms with Gasteiger partial charge in [0.15, 0.2) is 0 Å². The van der Waals surface area contributed by atoms with Gasteiger partial charge in [0.25, 0.3) is 11.6 Å². The van der Waals surface area contributed by atoms with Crippen molar-refractivity contribution < 1.29 is 14.5 Å². The molecule has 4 rings (SSSR count). The molecule has 1 aromatic heterocycles. The van der Waals surface area contributed by atoms with Crippen LogP contribution in [0, 0.1) is 10.1 Å². The highest BCUT2D eigenvalue weighted by Crippen LogP contribution is 2.24. The third kappa shape index (κ3) is 5.69. The average molecular weight is 442 g/mol. The van der Waals surface area contributed by atoms with Crippen LogP contribution in [0.5, 0.6) is 0 Å². The molecule has 8 heteroatoms. The van der Waals surface area contributed by atoms with E-state index in [1.54, 1.807) is 18.3 Å². The fourth-order valence-electron chi connectivity index (χ4n) is 3.41. The summed E-state index contributed by atoms with van der Waals surface area (Å²) in [7, 11) is 0. The molecule has 0 fully saturated rings. The van der Waals surface area contributed by atoms with E-state index in [1.165, 1.54) is 23.2 Å². The van der Waals surface area contributed by atoms with Crippen LogP contribution in [0.4, 0.5) is 5.69 Å². The average Bonchev–Trinajstić information content (AvgIpc) is 3.38. The van der Waals surface area contributed by atoms with Gasteiger partial charge in [0.1, 0.15) is 5.69 Å². The first kappa shape index (κ1) is 21.9. The molecule has 1 amide bonds. The molecular formula is C25H22N4O4. The fourth-order valence-corrected chi connectivity index (χ4v) is 3.41. The number of carbonyl (C=O) groups excluding carboxylic acids is 1. The Balaban J connectivity index is 1.37. The number of nitro benzene ring substituents is 1. The van der Waals surface area contributed by atoms with E-state index in [2.05, 4.69) is 10.3 Å². The van der Waals surface area contributed by atoms with Crippen molar-refractivity contribution in [2.24, 2.45) is 0 Å². The van der Waals surface area contributed by atoms with E-state index in [4.69, 9.17) is 4.74 Å². The summed E-state index contributed by atoms with van der Waals surface area (Å²) in [4.78, 5) is 27.5. The van der Waals surface area contributed by atoms with Gasteiger partial charge in [0.2, 0.25) is 0 Å². The molecule has 0 aliphatic rings. The van der Waals surface area contributed by atoms with Gasteiger partial charge in [-0.25, -0.2) is 4.98 Å². The van der Waals surface area contributed by atoms with E-state index < -0.39 is 4.92 Å². The first-order valence-electron chi connectivity index (χ1n) is 10.3. The molecule has 0 aliphatic heterocycles. The summed E-state index contributed by atoms with van der Waals surface area (Å²) < 4.78 is 7.31. The number of aromatic nitrogens is 2. The molecule has 8 nitrogen and oxygen atoms in total. The van der Waals surface area contributed by atoms with Crippen LogP contribution in [0.3, 0.4) is 0 Å². The van der Waals surface area contributed by atoms with Gasteiger partial charge in [0.05, 0.1) is 24.5 Å². The van der Waals surface area contributed by atoms with Gasteiger partial charge >= 0.3 is 0 Å². The highest BCUT2D eigenvalue weighted by molar-refractivity contribution is 5.95. The van der Waals surface area contributed by atoms with Gasteiger partial charge in [-0.2, -0.15) is 0 Å². The molecular weight excluding hydrogens is 420 g/mol. The number of carbonyl (C=O) groups is 1. The van der Waals surface area contributed by atoms with Gasteiger partial charge in [-0.1, -0.05) is 54.6 Å². The van der Waals surface area contributed by atoms with Gasteiger partial charge in [-0.05, 0) is 28.8 Å². The number of benzene rings is 3. The van der Waals surface area contributed by atoms with Crippen LogP contribution >= 0.6 is 0 Å². The Kier molecular flexibility index (Phi) is 6.87. The van der Waals surface area contributed by atoms with E-state index in [0.29, 0.717) is 25.4 Å². The standard InChI is InChI=1S/C25H22N4O4/c30-25(22-9-10-23(24(14-22)29(31)32)28-12-11-26-18-28)27-15-20-7-4-8-21(13-20)17-33-16-19-5-2-1-3-6-19/h1-14,18H,15-17H2,(H,27,30). The van der Waals surface area contributed by atoms with Crippen molar-refractivity contribution in [3.05, 3.63) is 124 Å². The minimum Gasteiger partial charge on any atom is -0.372 e. The highest BCUT2D eigenvalue weighted by atomic mass is 16.6. The van der Waals surface area contributed by atoms with Gasteiger partial charge in [-0.3, -0.25) is 14.9 Å². The molecule has 0 radical (unpaired) electrons. The zero-order valence-corrected chi connectivity index (χ0v) is 17.8. The van der Waals surface area contributed by atoms with Gasteiger partial charge < -0.3 is 14.6 Å². The minimum absolute atomic E-state index is 0.168. The van der Waals surface area contributed by atoms with E-state index in [1.807, 2.05) is 54.6 Å². The van der Waals surface area contributed by atoms with Crippen molar-refractivity contribution in [3.8, 4) is 5.69 Å². The molecule has 3 aromatic carbocycles. The van der Waals surface area contributed by atoms with Crippen molar-refractivity contribution in [2.75, 3.05) is 0 Å². The molecule has 0 aliphatic carbocycles. The lowest BCUT2D eigenvalue weighted by atomic mass is 10.1. The molecule has 0 unspecified atom stereocenters. The largest absolute Gasteiger partial charge is 0.372 e. The van der Waals surface area contributed by atoms with Crippen LogP contribution in [0.1, 0.15) is 27.0 Å². The summed E-state index contributed by atoms with van der Waals surface area (Å²) in [5, 5.41) is 14.3. The number of imidazole rings is 1. The Labute approximate surface area is 190 Å². The van der Waals surface area contributed by atoms with E-state index in [9.17, 15) is 14.9 Å². The Bertz CT molecular complexity index is 1240. The maximum absolute atomic E-state index is 12.6. The monoisotopic (exact) mass is 442 g/mol. The Morgan fingerprint density at radius 3 is 2.48 bits per heavy atom. The normalized spacial score (nSPS) is 10.7. The minimum atomic E-state index is -0.509. The van der Waals surface area contributed by atoms with Gasteiger partial charge in [-0.15, -0.1) is 0 Å². The van der Waals surface area contributed by atoms with Crippen molar-refractivity contribution in [3.63, 3.8) is 0 Å². The number of ether oxygens (including phenoxy) is 1. The van der Waals surface area contributed by atoms with Crippen LogP contribution in [-0.4, -0.2) is 20.4 Å². The molecule has 33 heavy (non-hydrogen) atoms. The summed E-state index contributed by atoms with van der Waals surface area (Å²) in [6, 6.07) is 22.1. The topological polar surface area (TPSA) is 99.3 Å². The molecule has 166 valence electrons. The number of hydrogen-bond acceptors (Lipinski definition) is 5. The Hall–Kier alpha value is -4.30. The Morgan fingerprint density at radius 1 is 0.970 bits per heavy atom. The van der Waals surface area contributed by atoms with Crippen LogP contribution in [0.15, 0.2) is 91.5 Å². The lowest BCUT2D eigenvalue weighted by molar-refractivity contribution is -0.384. The predicted molar refractivity (Wildman–Crippen MR) is 123 cm³/mol. The molecule has 0 bridgehead atoms. The zero-order valence-electron chi connectivity index (χ0n) is 17.8. The second-order valence-corrected chi connectivity index (χ2v) is 7.41. The quantitative estimate of drug-likeness (QED) is 0.305. The molecule has 0 saturated heterocycles. The molecule has 0 saturated carbocycles. The SMILES string of the molecule is O=C(NCc1cccc(COCc2ccccc2)c1)c1ccc(-n2ccnc2)c([N+](=O)[O-])c1. The molecule has 0 atom stereocenters. The van der Waals surface area contributed by atoms with E-state index in [-0.39, 0.29) is 17.2 Å². The highest BCUT2D eigenvalue weighted by Gasteiger charge is 2.18.